The number of allylic oxidation sites excluding steroid dienone is 2. The van der Waals surface area contributed by atoms with Gasteiger partial charge in [0, 0.05) is 40.1 Å². The molecule has 0 fully saturated rings. The van der Waals surface area contributed by atoms with Crippen LogP contribution in [0.2, 0.25) is 0 Å². The van der Waals surface area contributed by atoms with Crippen LogP contribution in [0, 0.1) is 16.7 Å². The van der Waals surface area contributed by atoms with Crippen molar-refractivity contribution >= 4 is 28.4 Å². The number of alkyl halides is 3. The zero-order chi connectivity index (χ0) is 25.0. The molecule has 2 heterocycles. The molecule has 2 aromatic carbocycles. The van der Waals surface area contributed by atoms with Gasteiger partial charge < -0.3 is 16.0 Å². The highest BCUT2D eigenvalue weighted by Crippen LogP contribution is 2.33. The summed E-state index contributed by atoms with van der Waals surface area (Å²) in [6.07, 6.45) is 1.47. The Labute approximate surface area is 197 Å². The van der Waals surface area contributed by atoms with E-state index in [4.69, 9.17) is 5.41 Å². The topological polar surface area (TPSA) is 115 Å². The van der Waals surface area contributed by atoms with E-state index in [-0.39, 0.29) is 16.9 Å². The van der Waals surface area contributed by atoms with Crippen molar-refractivity contribution in [2.24, 2.45) is 0 Å². The summed E-state index contributed by atoms with van der Waals surface area (Å²) >= 11 is 0. The van der Waals surface area contributed by atoms with Crippen LogP contribution in [-0.4, -0.2) is 32.4 Å². The molecule has 0 aliphatic carbocycles. The van der Waals surface area contributed by atoms with Gasteiger partial charge in [-0.2, -0.15) is 33.4 Å². The number of nitrogens with zero attached hydrogens (tertiary/aromatic N) is 5. The smallest absolute Gasteiger partial charge is 0.355 e. The Morgan fingerprint density at radius 3 is 2.51 bits per heavy atom. The molecule has 0 unspecified atom stereocenters. The minimum Gasteiger partial charge on any atom is -0.355 e. The summed E-state index contributed by atoms with van der Waals surface area (Å²) in [4.78, 5) is 5.26. The first-order chi connectivity index (χ1) is 16.8. The molecule has 8 nitrogen and oxygen atoms in total. The third-order valence-electron chi connectivity index (χ3n) is 5.00. The number of aromatic nitrogens is 4. The van der Waals surface area contributed by atoms with Gasteiger partial charge in [0.2, 0.25) is 0 Å². The lowest BCUT2D eigenvalue weighted by atomic mass is 10.1. The molecule has 35 heavy (non-hydrogen) atoms. The monoisotopic (exact) mass is 474 g/mol. The van der Waals surface area contributed by atoms with E-state index in [1.807, 2.05) is 6.07 Å². The van der Waals surface area contributed by atoms with Crippen LogP contribution in [0.25, 0.3) is 16.5 Å². The molecule has 0 atom stereocenters. The molecule has 0 aliphatic rings. The standard InChI is InChI=1S/C24H17F3N8/c1-15(33-18-6-7-22(17(10-18)11-28)35-31-8-9-32-35)20(12-29)23(24(25,26)27)34-21-14-30-13-16-4-2-3-5-19(16)21/h2-10,12-14,29,33-34H,1H2/b23-20+,29-12?. The Bertz CT molecular complexity index is 1480. The highest BCUT2D eigenvalue weighted by atomic mass is 19.4. The largest absolute Gasteiger partial charge is 0.431 e. The van der Waals surface area contributed by atoms with Crippen LogP contribution in [0.4, 0.5) is 24.5 Å². The van der Waals surface area contributed by atoms with Crippen molar-refractivity contribution in [1.82, 2.24) is 20.0 Å². The van der Waals surface area contributed by atoms with Gasteiger partial charge in [-0.05, 0) is 18.2 Å². The zero-order valence-corrected chi connectivity index (χ0v) is 18.0. The number of fused-ring (bicyclic) bond motifs is 1. The summed E-state index contributed by atoms with van der Waals surface area (Å²) in [6.45, 7) is 3.70. The first-order valence-electron chi connectivity index (χ1n) is 10.1. The molecule has 0 spiro atoms. The lowest BCUT2D eigenvalue weighted by Crippen LogP contribution is -2.24. The van der Waals surface area contributed by atoms with Gasteiger partial charge in [-0.15, -0.1) is 0 Å². The van der Waals surface area contributed by atoms with E-state index in [2.05, 4.69) is 32.4 Å². The van der Waals surface area contributed by atoms with E-state index in [1.165, 1.54) is 29.5 Å². The second kappa shape index (κ2) is 9.48. The van der Waals surface area contributed by atoms with Gasteiger partial charge in [-0.1, -0.05) is 30.8 Å². The van der Waals surface area contributed by atoms with Gasteiger partial charge in [0.1, 0.15) is 17.5 Å². The fraction of sp³-hybridized carbons (Fsp3) is 0.0417. The Morgan fingerprint density at radius 1 is 1.09 bits per heavy atom. The van der Waals surface area contributed by atoms with Gasteiger partial charge in [-0.3, -0.25) is 4.98 Å². The fourth-order valence-electron chi connectivity index (χ4n) is 3.41. The summed E-state index contributed by atoms with van der Waals surface area (Å²) in [7, 11) is 0. The number of benzene rings is 2. The zero-order valence-electron chi connectivity index (χ0n) is 18.0. The predicted molar refractivity (Wildman–Crippen MR) is 126 cm³/mol. The molecule has 0 bridgehead atoms. The van der Waals surface area contributed by atoms with Crippen LogP contribution >= 0.6 is 0 Å². The average Bonchev–Trinajstić information content (AvgIpc) is 3.38. The predicted octanol–water partition coefficient (Wildman–Crippen LogP) is 5.19. The molecular formula is C24H17F3N8. The molecule has 3 N–H and O–H groups in total. The number of rotatable bonds is 7. The Kier molecular flexibility index (Phi) is 6.28. The number of anilines is 2. The van der Waals surface area contributed by atoms with Crippen LogP contribution in [0.1, 0.15) is 5.56 Å². The summed E-state index contributed by atoms with van der Waals surface area (Å²) in [6, 6.07) is 13.4. The Morgan fingerprint density at radius 2 is 1.83 bits per heavy atom. The number of nitriles is 1. The van der Waals surface area contributed by atoms with Crippen LogP contribution in [-0.2, 0) is 0 Å². The summed E-state index contributed by atoms with van der Waals surface area (Å²) in [5, 5.41) is 31.5. The maximum Gasteiger partial charge on any atom is 0.431 e. The van der Waals surface area contributed by atoms with Gasteiger partial charge >= 0.3 is 6.18 Å². The molecular weight excluding hydrogens is 457 g/mol. The lowest BCUT2D eigenvalue weighted by Gasteiger charge is -2.20. The third kappa shape index (κ3) is 4.86. The maximum absolute atomic E-state index is 14.1. The number of nitrogens with one attached hydrogen (secondary N) is 3. The van der Waals surface area contributed by atoms with Crippen molar-refractivity contribution in [3.63, 3.8) is 0 Å². The Balaban J connectivity index is 1.70. The van der Waals surface area contributed by atoms with E-state index in [0.717, 1.165) is 0 Å². The first-order valence-corrected chi connectivity index (χ1v) is 10.1. The van der Waals surface area contributed by atoms with Gasteiger partial charge in [0.05, 0.1) is 29.8 Å². The molecule has 174 valence electrons. The molecule has 0 aliphatic heterocycles. The minimum absolute atomic E-state index is 0.130. The summed E-state index contributed by atoms with van der Waals surface area (Å²) < 4.78 is 42.3. The van der Waals surface area contributed by atoms with Gasteiger partial charge in [0.15, 0.2) is 0 Å². The number of hydrogen-bond donors (Lipinski definition) is 3. The van der Waals surface area contributed by atoms with E-state index in [0.29, 0.717) is 28.4 Å². The van der Waals surface area contributed by atoms with Crippen LogP contribution in [0.15, 0.2) is 90.8 Å². The molecule has 0 saturated carbocycles. The molecule has 0 amide bonds. The van der Waals surface area contributed by atoms with Crippen molar-refractivity contribution in [3.8, 4) is 11.8 Å². The summed E-state index contributed by atoms with van der Waals surface area (Å²) in [5.41, 5.74) is -0.863. The number of halogens is 3. The van der Waals surface area contributed by atoms with Gasteiger partial charge in [0.25, 0.3) is 0 Å². The molecule has 0 radical (unpaired) electrons. The van der Waals surface area contributed by atoms with E-state index in [9.17, 15) is 18.4 Å². The van der Waals surface area contributed by atoms with Crippen LogP contribution in [0.3, 0.4) is 0 Å². The quantitative estimate of drug-likeness (QED) is 0.251. The molecule has 11 heteroatoms. The molecule has 2 aromatic heterocycles. The maximum atomic E-state index is 14.1. The molecule has 4 aromatic rings. The van der Waals surface area contributed by atoms with Crippen molar-refractivity contribution < 1.29 is 13.2 Å². The van der Waals surface area contributed by atoms with Crippen molar-refractivity contribution in [2.75, 3.05) is 10.6 Å². The van der Waals surface area contributed by atoms with E-state index < -0.39 is 17.4 Å². The molecule has 4 rings (SSSR count). The highest BCUT2D eigenvalue weighted by molar-refractivity contribution is 5.94. The molecule has 0 saturated heterocycles. The average molecular weight is 474 g/mol. The second-order valence-electron chi connectivity index (χ2n) is 7.23. The van der Waals surface area contributed by atoms with Crippen LogP contribution < -0.4 is 10.6 Å². The van der Waals surface area contributed by atoms with E-state index >= 15 is 0 Å². The first kappa shape index (κ1) is 23.2. The normalized spacial score (nSPS) is 11.9. The SMILES string of the molecule is C=C(Nc1ccc(-n2nccn2)c(C#N)c1)/C(C=N)=C(/Nc1cncc2ccccc12)C(F)(F)F. The van der Waals surface area contributed by atoms with E-state index in [1.54, 1.807) is 42.6 Å². The number of pyridine rings is 1. The van der Waals surface area contributed by atoms with Crippen molar-refractivity contribution in [3.05, 3.63) is 96.4 Å². The lowest BCUT2D eigenvalue weighted by molar-refractivity contribution is -0.0906. The number of hydrogen-bond acceptors (Lipinski definition) is 7. The van der Waals surface area contributed by atoms with Gasteiger partial charge in [-0.25, -0.2) is 0 Å². The minimum atomic E-state index is -4.83. The Hall–Kier alpha value is -4.98. The van der Waals surface area contributed by atoms with Crippen molar-refractivity contribution in [2.45, 2.75) is 6.18 Å². The highest BCUT2D eigenvalue weighted by Gasteiger charge is 2.37. The second-order valence-corrected chi connectivity index (χ2v) is 7.23. The van der Waals surface area contributed by atoms with Crippen LogP contribution in [0.5, 0.6) is 0 Å². The fourth-order valence-corrected chi connectivity index (χ4v) is 3.41. The van der Waals surface area contributed by atoms with Crippen molar-refractivity contribution in [1.29, 1.82) is 10.7 Å². The summed E-state index contributed by atoms with van der Waals surface area (Å²) in [5.74, 6) is 0. The third-order valence-corrected chi connectivity index (χ3v) is 5.00.